The molecule has 0 spiro atoms. The van der Waals surface area contributed by atoms with Crippen LogP contribution in [0.1, 0.15) is 20.3 Å². The molecule has 0 aromatic heterocycles. The van der Waals surface area contributed by atoms with Crippen molar-refractivity contribution in [3.8, 4) is 0 Å². The molecule has 9 heteroatoms. The molecule has 1 fully saturated rings. The summed E-state index contributed by atoms with van der Waals surface area (Å²) in [5.74, 6) is 0.0725. The first-order valence-electron chi connectivity index (χ1n) is 7.38. The Morgan fingerprint density at radius 3 is 2.32 bits per heavy atom. The van der Waals surface area contributed by atoms with Crippen molar-refractivity contribution < 1.29 is 17.9 Å². The second-order valence-corrected chi connectivity index (χ2v) is 7.46. The van der Waals surface area contributed by atoms with E-state index in [0.29, 0.717) is 39.1 Å². The number of carbonyl (C=O) groups excluding carboxylic acids is 1. The zero-order chi connectivity index (χ0) is 15.9. The average molecular weight is 358 g/mol. The van der Waals surface area contributed by atoms with E-state index in [-0.39, 0.29) is 36.8 Å². The van der Waals surface area contributed by atoms with Crippen LogP contribution in [0.4, 0.5) is 0 Å². The Morgan fingerprint density at radius 1 is 1.23 bits per heavy atom. The van der Waals surface area contributed by atoms with Crippen molar-refractivity contribution in [1.29, 1.82) is 0 Å². The fourth-order valence-corrected chi connectivity index (χ4v) is 3.41. The highest BCUT2D eigenvalue weighted by atomic mass is 35.5. The normalized spacial score (nSPS) is 16.6. The smallest absolute Gasteiger partial charge is 0.223 e. The Morgan fingerprint density at radius 2 is 1.82 bits per heavy atom. The first kappa shape index (κ1) is 21.6. The Labute approximate surface area is 139 Å². The molecule has 0 radical (unpaired) electrons. The number of amides is 1. The second-order valence-electron chi connectivity index (χ2n) is 5.37. The quantitative estimate of drug-likeness (QED) is 0.657. The van der Waals surface area contributed by atoms with Crippen molar-refractivity contribution >= 4 is 28.3 Å². The summed E-state index contributed by atoms with van der Waals surface area (Å²) < 4.78 is 31.0. The van der Waals surface area contributed by atoms with Crippen molar-refractivity contribution in [3.05, 3.63) is 0 Å². The van der Waals surface area contributed by atoms with Crippen molar-refractivity contribution in [2.24, 2.45) is 0 Å². The summed E-state index contributed by atoms with van der Waals surface area (Å²) in [6.45, 7) is 6.28. The molecule has 0 unspecified atom stereocenters. The lowest BCUT2D eigenvalue weighted by molar-refractivity contribution is -0.132. The molecule has 0 aliphatic carbocycles. The number of carbonyl (C=O) groups is 1. The van der Waals surface area contributed by atoms with Crippen LogP contribution < -0.4 is 5.32 Å². The van der Waals surface area contributed by atoms with Gasteiger partial charge in [0.25, 0.3) is 0 Å². The molecule has 132 valence electrons. The van der Waals surface area contributed by atoms with E-state index in [1.54, 1.807) is 11.9 Å². The van der Waals surface area contributed by atoms with Gasteiger partial charge in [0, 0.05) is 39.1 Å². The van der Waals surface area contributed by atoms with E-state index in [9.17, 15) is 13.2 Å². The number of hydrogen-bond donors (Lipinski definition) is 1. The summed E-state index contributed by atoms with van der Waals surface area (Å²) in [7, 11) is -1.48. The zero-order valence-corrected chi connectivity index (χ0v) is 15.2. The molecule has 0 aromatic carbocycles. The number of rotatable bonds is 8. The maximum atomic E-state index is 12.1. The number of piperazine rings is 1. The van der Waals surface area contributed by atoms with Crippen LogP contribution >= 0.6 is 12.4 Å². The van der Waals surface area contributed by atoms with Crippen LogP contribution in [0.15, 0.2) is 0 Å². The van der Waals surface area contributed by atoms with Crippen LogP contribution in [-0.2, 0) is 19.6 Å². The van der Waals surface area contributed by atoms with Gasteiger partial charge in [-0.3, -0.25) is 4.79 Å². The molecule has 1 aliphatic heterocycles. The summed E-state index contributed by atoms with van der Waals surface area (Å²) in [5.41, 5.74) is 0. The van der Waals surface area contributed by atoms with Gasteiger partial charge in [0.1, 0.15) is 0 Å². The molecule has 0 atom stereocenters. The molecule has 1 N–H and O–H groups in total. The Hall–Kier alpha value is -0.410. The van der Waals surface area contributed by atoms with Gasteiger partial charge in [-0.15, -0.1) is 12.4 Å². The fraction of sp³-hybridized carbons (Fsp3) is 0.923. The number of sulfonamides is 1. The topological polar surface area (TPSA) is 79.0 Å². The second kappa shape index (κ2) is 10.4. The van der Waals surface area contributed by atoms with E-state index in [2.05, 4.69) is 5.32 Å². The Kier molecular flexibility index (Phi) is 10.2. The highest BCUT2D eigenvalue weighted by molar-refractivity contribution is 7.89. The van der Waals surface area contributed by atoms with Crippen LogP contribution in [0.5, 0.6) is 0 Å². The summed E-state index contributed by atoms with van der Waals surface area (Å²) in [6, 6.07) is 0. The monoisotopic (exact) mass is 357 g/mol. The molecule has 1 saturated heterocycles. The van der Waals surface area contributed by atoms with Crippen LogP contribution in [-0.4, -0.2) is 81.8 Å². The maximum Gasteiger partial charge on any atom is 0.223 e. The van der Waals surface area contributed by atoms with Crippen LogP contribution in [0.2, 0.25) is 0 Å². The van der Waals surface area contributed by atoms with E-state index in [0.717, 1.165) is 0 Å². The van der Waals surface area contributed by atoms with Crippen LogP contribution in [0.3, 0.4) is 0 Å². The summed E-state index contributed by atoms with van der Waals surface area (Å²) >= 11 is 0. The third-order valence-corrected chi connectivity index (χ3v) is 5.20. The van der Waals surface area contributed by atoms with Gasteiger partial charge >= 0.3 is 0 Å². The molecule has 0 saturated carbocycles. The molecule has 22 heavy (non-hydrogen) atoms. The van der Waals surface area contributed by atoms with Gasteiger partial charge in [-0.1, -0.05) is 0 Å². The number of nitrogens with one attached hydrogen (secondary N) is 1. The molecule has 1 rings (SSSR count). The van der Waals surface area contributed by atoms with Gasteiger partial charge in [0.2, 0.25) is 15.9 Å². The molecule has 1 amide bonds. The number of hydrogen-bond acceptors (Lipinski definition) is 5. The third-order valence-electron chi connectivity index (χ3n) is 3.37. The lowest BCUT2D eigenvalue weighted by Crippen LogP contribution is -2.51. The van der Waals surface area contributed by atoms with Gasteiger partial charge < -0.3 is 15.0 Å². The molecule has 7 nitrogen and oxygen atoms in total. The number of ether oxygens (including phenoxy) is 1. The minimum atomic E-state index is -3.29. The zero-order valence-electron chi connectivity index (χ0n) is 13.6. The number of halogens is 1. The highest BCUT2D eigenvalue weighted by Gasteiger charge is 2.28. The standard InChI is InChI=1S/C13H27N3O4S.ClH/c1-12(2)20-10-11-21(18,19)16-8-6-15(7-9-16)13(17)4-5-14-3;/h12,14H,4-11H2,1-3H3;1H. The Balaban J connectivity index is 0.00000441. The van der Waals surface area contributed by atoms with Crippen molar-refractivity contribution in [1.82, 2.24) is 14.5 Å². The van der Waals surface area contributed by atoms with E-state index in [4.69, 9.17) is 4.74 Å². The predicted octanol–water partition coefficient (Wildman–Crippen LogP) is -0.0833. The lowest BCUT2D eigenvalue weighted by atomic mass is 10.3. The average Bonchev–Trinajstić information content (AvgIpc) is 2.44. The van der Waals surface area contributed by atoms with Gasteiger partial charge in [-0.2, -0.15) is 4.31 Å². The molecule has 0 aromatic rings. The lowest BCUT2D eigenvalue weighted by Gasteiger charge is -2.34. The summed E-state index contributed by atoms with van der Waals surface area (Å²) in [4.78, 5) is 13.6. The predicted molar refractivity (Wildman–Crippen MR) is 88.8 cm³/mol. The van der Waals surface area contributed by atoms with Crippen molar-refractivity contribution in [2.45, 2.75) is 26.4 Å². The molecule has 1 aliphatic rings. The molecular weight excluding hydrogens is 330 g/mol. The van der Waals surface area contributed by atoms with Gasteiger partial charge in [0.15, 0.2) is 0 Å². The van der Waals surface area contributed by atoms with Gasteiger partial charge in [-0.25, -0.2) is 8.42 Å². The van der Waals surface area contributed by atoms with E-state index in [1.165, 1.54) is 4.31 Å². The van der Waals surface area contributed by atoms with Crippen LogP contribution in [0, 0.1) is 0 Å². The Bertz CT molecular complexity index is 423. The SMILES string of the molecule is CNCCC(=O)N1CCN(S(=O)(=O)CCOC(C)C)CC1.Cl. The molecule has 0 bridgehead atoms. The van der Waals surface area contributed by atoms with E-state index < -0.39 is 10.0 Å². The van der Waals surface area contributed by atoms with Crippen molar-refractivity contribution in [2.75, 3.05) is 52.1 Å². The van der Waals surface area contributed by atoms with Crippen molar-refractivity contribution in [3.63, 3.8) is 0 Å². The first-order chi connectivity index (χ1) is 9.86. The number of nitrogens with zero attached hydrogens (tertiary/aromatic N) is 2. The van der Waals surface area contributed by atoms with E-state index in [1.807, 2.05) is 13.8 Å². The van der Waals surface area contributed by atoms with Gasteiger partial charge in [-0.05, 0) is 20.9 Å². The minimum Gasteiger partial charge on any atom is -0.378 e. The summed E-state index contributed by atoms with van der Waals surface area (Å²) in [5, 5.41) is 2.94. The third kappa shape index (κ3) is 7.23. The van der Waals surface area contributed by atoms with E-state index >= 15 is 0 Å². The van der Waals surface area contributed by atoms with Gasteiger partial charge in [0.05, 0.1) is 18.5 Å². The largest absolute Gasteiger partial charge is 0.378 e. The first-order valence-corrected chi connectivity index (χ1v) is 8.99. The highest BCUT2D eigenvalue weighted by Crippen LogP contribution is 2.09. The molecular formula is C13H28ClN3O4S. The van der Waals surface area contributed by atoms with Crippen LogP contribution in [0.25, 0.3) is 0 Å². The minimum absolute atomic E-state index is 0. The summed E-state index contributed by atoms with van der Waals surface area (Å²) in [6.07, 6.45) is 0.479. The molecule has 1 heterocycles. The fourth-order valence-electron chi connectivity index (χ4n) is 2.12. The maximum absolute atomic E-state index is 12.1.